The van der Waals surface area contributed by atoms with Crippen LogP contribution in [-0.2, 0) is 118 Å². The van der Waals surface area contributed by atoms with E-state index in [0.29, 0.717) is 69.8 Å². The standard InChI is InChI=1S/C63H115NO33P4S4/c1-45-50(37-65)94-59(46(2)54(45)69)83-27-12-15-31-87-98(75,102)90-34-18-24-80-42-63(41-79-23-10-5-6-11-30-93-101(78,105)97-62(74)86-40-49-21-8-7-9-22-49,43-81-25-19-35-91-99(76,103)88-32-16-13-28-84-60-47(3)55(70)56(71)51(38-66)95-60)44-82-26-20-36-92-100(77,104)89-33-17-14-29-85-61-53(64-48(4)68)58(73)57(72)52(39-67)96-61/h7-9,21-22,45-47,50-61,65-67,69-73H,5-6,10-20,23-44H2,1-4H3,(H,64,68)(H,75,102)(H,76,103)(H,77,104)(H,78,105)/t45-,46?,47?,50?,51?,52?,53?,54+,55-,56+,57+,58-,59-,60-,61-,63?,98?,99?,100?,101?/m1/s1. The van der Waals surface area contributed by atoms with E-state index in [4.69, 9.17) is 88.3 Å². The van der Waals surface area contributed by atoms with E-state index in [-0.39, 0.29) is 163 Å². The van der Waals surface area contributed by atoms with E-state index in [1.54, 1.807) is 44.2 Å². The number of nitrogens with one attached hydrogen (secondary N) is 1. The van der Waals surface area contributed by atoms with Crippen LogP contribution in [0.15, 0.2) is 30.3 Å². The first-order chi connectivity index (χ1) is 50.0. The summed E-state index contributed by atoms with van der Waals surface area (Å²) in [7, 11) is 0. The Balaban J connectivity index is 1.31. The molecular weight excluding hydrogens is 1550 g/mol. The zero-order valence-corrected chi connectivity index (χ0v) is 67.3. The zero-order chi connectivity index (χ0) is 77.3. The Kier molecular flexibility index (Phi) is 48.4. The maximum atomic E-state index is 13.2. The van der Waals surface area contributed by atoms with E-state index < -0.39 is 138 Å². The van der Waals surface area contributed by atoms with Gasteiger partial charge in [0.25, 0.3) is 0 Å². The molecule has 3 aliphatic rings. The van der Waals surface area contributed by atoms with Crippen LogP contribution in [-0.4, -0.2) is 265 Å². The number of unbranched alkanes of at least 4 members (excludes halogenated alkanes) is 6. The van der Waals surface area contributed by atoms with E-state index in [9.17, 15) is 68.7 Å². The number of amides is 1. The van der Waals surface area contributed by atoms with Gasteiger partial charge in [0.2, 0.25) is 5.91 Å². The minimum atomic E-state index is -4.07. The second-order valence-corrected chi connectivity index (χ2v) is 37.3. The molecule has 614 valence electrons. The Bertz CT molecular complexity index is 2640. The fourth-order valence-electron chi connectivity index (χ4n) is 10.7. The minimum Gasteiger partial charge on any atom is -0.429 e. The highest BCUT2D eigenvalue weighted by atomic mass is 32.7. The molecule has 0 aromatic heterocycles. The lowest BCUT2D eigenvalue weighted by molar-refractivity contribution is -0.282. The van der Waals surface area contributed by atoms with Crippen LogP contribution in [0.4, 0.5) is 4.79 Å². The predicted molar refractivity (Wildman–Crippen MR) is 392 cm³/mol. The minimum absolute atomic E-state index is 0.00233. The number of hydrogen-bond acceptors (Lipinski definition) is 33. The van der Waals surface area contributed by atoms with Crippen molar-refractivity contribution < 1.29 is 157 Å². The molecule has 4 rings (SSSR count). The molecule has 0 bridgehead atoms. The molecule has 1 aromatic carbocycles. The summed E-state index contributed by atoms with van der Waals surface area (Å²) >= 11 is 16.3. The highest BCUT2D eigenvalue weighted by molar-refractivity contribution is 8.45. The smallest absolute Gasteiger partial charge is 0.429 e. The molecule has 0 saturated carbocycles. The first kappa shape index (κ1) is 96.6. The highest BCUT2D eigenvalue weighted by Crippen LogP contribution is 2.55. The summed E-state index contributed by atoms with van der Waals surface area (Å²) in [6.45, 7) is -9.75. The van der Waals surface area contributed by atoms with Gasteiger partial charge in [0.1, 0.15) is 43.2 Å². The van der Waals surface area contributed by atoms with Gasteiger partial charge in [-0.2, -0.15) is 0 Å². The summed E-state index contributed by atoms with van der Waals surface area (Å²) in [6.07, 6.45) is -7.30. The third-order valence-corrected chi connectivity index (χ3v) is 23.4. The Morgan fingerprint density at radius 2 is 0.771 bits per heavy atom. The molecule has 9 N–H and O–H groups in total. The number of ether oxygens (including phenoxy) is 11. The van der Waals surface area contributed by atoms with Gasteiger partial charge in [0.15, 0.2) is 18.9 Å². The molecule has 1 aromatic rings. The van der Waals surface area contributed by atoms with Crippen molar-refractivity contribution in [2.24, 2.45) is 23.2 Å². The summed E-state index contributed by atoms with van der Waals surface area (Å²) in [5.41, 5.74) is -0.306. The number of benzene rings is 1. The van der Waals surface area contributed by atoms with Gasteiger partial charge in [-0.15, -0.1) is 0 Å². The van der Waals surface area contributed by atoms with E-state index in [1.165, 1.54) is 6.92 Å². The SMILES string of the molecule is CC(=O)NC1[C@H](OCCCCOP(=O)(S)OCCCOCC(COCCCCCCOP(=O)(S)OC(=O)OCc2ccccc2)(COCCCOP(=O)(S)OCCCCO[C@@H]2OC(CO)[C@@H](C)[C@H](O)C2C)COCCCOP(=O)(S)OCCCCO[C@@H]2OC(CO)[C@H](O)[C@H](O)C2C)OC(CO)[C@H](O)[C@@H]1O. The number of aliphatic hydroxyl groups is 8. The summed E-state index contributed by atoms with van der Waals surface area (Å²) in [5.74, 6) is -1.64. The topological polar surface area (TPSA) is 452 Å². The van der Waals surface area contributed by atoms with Crippen LogP contribution in [0.1, 0.15) is 117 Å². The number of rotatable bonds is 59. The molecule has 20 atom stereocenters. The third-order valence-electron chi connectivity index (χ3n) is 16.8. The summed E-state index contributed by atoms with van der Waals surface area (Å²) in [6, 6.07) is 7.73. The van der Waals surface area contributed by atoms with Crippen LogP contribution in [0.5, 0.6) is 0 Å². The molecule has 105 heavy (non-hydrogen) atoms. The number of aliphatic hydroxyl groups excluding tert-OH is 8. The number of thiol groups is 4. The van der Waals surface area contributed by atoms with Crippen LogP contribution in [0.3, 0.4) is 0 Å². The van der Waals surface area contributed by atoms with Crippen molar-refractivity contribution in [1.82, 2.24) is 5.32 Å². The first-order valence-corrected chi connectivity index (χ1v) is 46.1. The molecule has 0 spiro atoms. The van der Waals surface area contributed by atoms with Gasteiger partial charge in [-0.1, -0.05) is 101 Å². The second kappa shape index (κ2) is 52.6. The third kappa shape index (κ3) is 39.3. The summed E-state index contributed by atoms with van der Waals surface area (Å²) in [4.78, 5) is 24.0. The van der Waals surface area contributed by atoms with E-state index in [2.05, 4.69) is 54.3 Å². The predicted octanol–water partition coefficient (Wildman–Crippen LogP) is 7.15. The maximum Gasteiger partial charge on any atom is 0.515 e. The quantitative estimate of drug-likeness (QED) is 0.0133. The first-order valence-electron chi connectivity index (χ1n) is 35.3. The fourth-order valence-corrected chi connectivity index (χ4v) is 15.6. The lowest BCUT2D eigenvalue weighted by Gasteiger charge is -2.42. The summed E-state index contributed by atoms with van der Waals surface area (Å²) in [5, 5.41) is 83.2. The Labute approximate surface area is 636 Å². The number of carbonyl (C=O) groups is 2. The molecule has 42 heteroatoms. The lowest BCUT2D eigenvalue weighted by Crippen LogP contribution is -2.64. The molecule has 34 nitrogen and oxygen atoms in total. The maximum absolute atomic E-state index is 13.2. The molecule has 3 saturated heterocycles. The van der Waals surface area contributed by atoms with Crippen molar-refractivity contribution >= 4 is 88.2 Å². The highest BCUT2D eigenvalue weighted by Gasteiger charge is 2.46. The molecular formula is C63H115NO33P4S4. The Hall–Kier alpha value is -0.720. The average molecular weight is 1670 g/mol. The van der Waals surface area contributed by atoms with Gasteiger partial charge >= 0.3 is 33.3 Å². The van der Waals surface area contributed by atoms with Gasteiger partial charge in [0, 0.05) is 70.9 Å². The molecule has 11 unspecified atom stereocenters. The largest absolute Gasteiger partial charge is 0.515 e. The van der Waals surface area contributed by atoms with Gasteiger partial charge in [-0.25, -0.2) is 23.1 Å². The van der Waals surface area contributed by atoms with Gasteiger partial charge in [-0.3, -0.25) is 9.32 Å². The molecule has 0 radical (unpaired) electrons. The van der Waals surface area contributed by atoms with Gasteiger partial charge < -0.3 is 130 Å². The van der Waals surface area contributed by atoms with E-state index in [1.807, 2.05) is 6.92 Å². The molecule has 0 aliphatic carbocycles. The molecule has 3 aliphatic heterocycles. The van der Waals surface area contributed by atoms with Crippen molar-refractivity contribution in [3.05, 3.63) is 35.9 Å². The van der Waals surface area contributed by atoms with Crippen LogP contribution in [0.25, 0.3) is 0 Å². The normalized spacial score (nSPS) is 28.0. The van der Waals surface area contributed by atoms with Crippen LogP contribution < -0.4 is 5.32 Å². The van der Waals surface area contributed by atoms with Crippen molar-refractivity contribution in [2.45, 2.75) is 192 Å². The lowest BCUT2D eigenvalue weighted by atomic mass is 9.86. The van der Waals surface area contributed by atoms with Crippen LogP contribution >= 0.6 is 76.2 Å². The molecule has 3 heterocycles. The Morgan fingerprint density at radius 3 is 1.20 bits per heavy atom. The molecule has 3 fully saturated rings. The fraction of sp³-hybridized carbons (Fsp3) is 0.873. The number of hydrogen-bond donors (Lipinski definition) is 13. The van der Waals surface area contributed by atoms with Crippen LogP contribution in [0, 0.1) is 23.2 Å². The van der Waals surface area contributed by atoms with E-state index in [0.717, 1.165) is 0 Å². The zero-order valence-electron chi connectivity index (χ0n) is 60.2. The van der Waals surface area contributed by atoms with Crippen molar-refractivity contribution in [1.29, 1.82) is 0 Å². The van der Waals surface area contributed by atoms with E-state index >= 15 is 0 Å². The average Bonchev–Trinajstić information content (AvgIpc) is 0.824. The van der Waals surface area contributed by atoms with Gasteiger partial charge in [0.05, 0.1) is 116 Å². The van der Waals surface area contributed by atoms with Crippen molar-refractivity contribution in [3.8, 4) is 0 Å². The van der Waals surface area contributed by atoms with Gasteiger partial charge in [-0.05, 0) is 88.4 Å². The Morgan fingerprint density at radius 1 is 0.429 bits per heavy atom. The number of carbonyl (C=O) groups excluding carboxylic acids is 2. The van der Waals surface area contributed by atoms with Crippen molar-refractivity contribution in [3.63, 3.8) is 0 Å². The monoisotopic (exact) mass is 1670 g/mol. The molecule has 1 amide bonds. The van der Waals surface area contributed by atoms with Crippen molar-refractivity contribution in [2.75, 3.05) is 139 Å². The summed E-state index contributed by atoms with van der Waals surface area (Å²) < 4.78 is 160. The second-order valence-electron chi connectivity index (χ2n) is 25.7. The van der Waals surface area contributed by atoms with Crippen LogP contribution in [0.2, 0.25) is 0 Å².